The topological polar surface area (TPSA) is 113 Å². The molecule has 8 nitrogen and oxygen atoms in total. The van der Waals surface area contributed by atoms with E-state index < -0.39 is 5.97 Å². The molecule has 0 aliphatic carbocycles. The zero-order valence-electron chi connectivity index (χ0n) is 7.95. The van der Waals surface area contributed by atoms with Crippen molar-refractivity contribution in [2.24, 2.45) is 0 Å². The van der Waals surface area contributed by atoms with Gasteiger partial charge in [0.2, 0.25) is 5.16 Å². The first-order chi connectivity index (χ1) is 7.66. The molecular formula is C7H7N5O3S. The van der Waals surface area contributed by atoms with E-state index in [2.05, 4.69) is 20.3 Å². The Bertz CT molecular complexity index is 577. The number of aromatic amines is 1. The number of thioether (sulfide) groups is 1. The summed E-state index contributed by atoms with van der Waals surface area (Å²) in [6.45, 7) is 0. The molecule has 0 fully saturated rings. The van der Waals surface area contributed by atoms with Crippen molar-refractivity contribution < 1.29 is 9.90 Å². The van der Waals surface area contributed by atoms with E-state index in [0.29, 0.717) is 10.9 Å². The predicted molar refractivity (Wildman–Crippen MR) is 54.4 cm³/mol. The van der Waals surface area contributed by atoms with Crippen molar-refractivity contribution in [1.82, 2.24) is 24.8 Å². The van der Waals surface area contributed by atoms with Crippen LogP contribution in [0.3, 0.4) is 0 Å². The van der Waals surface area contributed by atoms with E-state index in [-0.39, 0.29) is 17.8 Å². The van der Waals surface area contributed by atoms with Crippen molar-refractivity contribution in [3.63, 3.8) is 0 Å². The SMILES string of the molecule is O=C(O)CCSc1nnc2[nH]c(=O)cnn12. The van der Waals surface area contributed by atoms with E-state index in [0.717, 1.165) is 6.20 Å². The lowest BCUT2D eigenvalue weighted by Gasteiger charge is -1.95. The van der Waals surface area contributed by atoms with Crippen LogP contribution in [0.15, 0.2) is 16.1 Å². The second kappa shape index (κ2) is 4.31. The van der Waals surface area contributed by atoms with Crippen molar-refractivity contribution in [2.75, 3.05) is 5.75 Å². The standard InChI is InChI=1S/C7H7N5O3S/c13-4-3-8-12-6(9-4)10-11-7(12)16-2-1-5(14)15/h3H,1-2H2,(H,14,15)(H,9,10,13). The molecule has 16 heavy (non-hydrogen) atoms. The van der Waals surface area contributed by atoms with E-state index in [1.807, 2.05) is 0 Å². The first kappa shape index (κ1) is 10.6. The highest BCUT2D eigenvalue weighted by Crippen LogP contribution is 2.14. The average molecular weight is 241 g/mol. The van der Waals surface area contributed by atoms with Crippen LogP contribution in [-0.2, 0) is 4.79 Å². The number of carbonyl (C=O) groups is 1. The van der Waals surface area contributed by atoms with Crippen LogP contribution in [0.4, 0.5) is 0 Å². The van der Waals surface area contributed by atoms with Crippen molar-refractivity contribution in [2.45, 2.75) is 11.6 Å². The summed E-state index contributed by atoms with van der Waals surface area (Å²) < 4.78 is 1.36. The molecule has 0 saturated carbocycles. The maximum Gasteiger partial charge on any atom is 0.304 e. The normalized spacial score (nSPS) is 10.8. The van der Waals surface area contributed by atoms with Crippen LogP contribution in [0.1, 0.15) is 6.42 Å². The first-order valence-electron chi connectivity index (χ1n) is 4.32. The van der Waals surface area contributed by atoms with Gasteiger partial charge in [-0.25, -0.2) is 0 Å². The number of hydrogen-bond donors (Lipinski definition) is 2. The maximum absolute atomic E-state index is 10.9. The molecule has 0 atom stereocenters. The predicted octanol–water partition coefficient (Wildman–Crippen LogP) is -0.621. The quantitative estimate of drug-likeness (QED) is 0.685. The fraction of sp³-hybridized carbons (Fsp3) is 0.286. The van der Waals surface area contributed by atoms with Gasteiger partial charge < -0.3 is 5.11 Å². The van der Waals surface area contributed by atoms with Gasteiger partial charge in [0.05, 0.1) is 6.42 Å². The molecule has 0 saturated heterocycles. The number of carboxylic acid groups (broad SMARTS) is 1. The summed E-state index contributed by atoms with van der Waals surface area (Å²) in [5.41, 5.74) is -0.359. The molecule has 2 rings (SSSR count). The van der Waals surface area contributed by atoms with Gasteiger partial charge in [0, 0.05) is 5.75 Å². The van der Waals surface area contributed by atoms with E-state index in [4.69, 9.17) is 5.11 Å². The molecule has 0 aromatic carbocycles. The smallest absolute Gasteiger partial charge is 0.304 e. The Morgan fingerprint density at radius 2 is 2.38 bits per heavy atom. The number of hydrogen-bond acceptors (Lipinski definition) is 6. The minimum Gasteiger partial charge on any atom is -0.481 e. The van der Waals surface area contributed by atoms with E-state index in [9.17, 15) is 9.59 Å². The van der Waals surface area contributed by atoms with Crippen LogP contribution in [0.5, 0.6) is 0 Å². The van der Waals surface area contributed by atoms with E-state index in [1.54, 1.807) is 0 Å². The zero-order chi connectivity index (χ0) is 11.5. The fourth-order valence-corrected chi connectivity index (χ4v) is 1.83. The third-order valence-electron chi connectivity index (χ3n) is 1.68. The minimum atomic E-state index is -0.873. The maximum atomic E-state index is 10.9. The monoisotopic (exact) mass is 241 g/mol. The van der Waals surface area contributed by atoms with Crippen LogP contribution in [0.25, 0.3) is 5.78 Å². The molecule has 9 heteroatoms. The number of nitrogens with zero attached hydrogens (tertiary/aromatic N) is 4. The molecule has 0 radical (unpaired) electrons. The van der Waals surface area contributed by atoms with Crippen molar-refractivity contribution >= 4 is 23.5 Å². The molecule has 2 N–H and O–H groups in total. The van der Waals surface area contributed by atoms with E-state index in [1.165, 1.54) is 16.3 Å². The van der Waals surface area contributed by atoms with Crippen molar-refractivity contribution in [3.8, 4) is 0 Å². The Labute approximate surface area is 92.7 Å². The lowest BCUT2D eigenvalue weighted by Crippen LogP contribution is -2.09. The molecule has 0 amide bonds. The van der Waals surface area contributed by atoms with Gasteiger partial charge in [-0.05, 0) is 0 Å². The Balaban J connectivity index is 2.19. The van der Waals surface area contributed by atoms with Crippen LogP contribution >= 0.6 is 11.8 Å². The summed E-state index contributed by atoms with van der Waals surface area (Å²) in [7, 11) is 0. The molecule has 2 aromatic rings. The highest BCUT2D eigenvalue weighted by atomic mass is 32.2. The third-order valence-corrected chi connectivity index (χ3v) is 2.61. The summed E-state index contributed by atoms with van der Waals surface area (Å²) in [4.78, 5) is 23.7. The van der Waals surface area contributed by atoms with Crippen LogP contribution < -0.4 is 5.56 Å². The zero-order valence-corrected chi connectivity index (χ0v) is 8.77. The van der Waals surface area contributed by atoms with E-state index >= 15 is 0 Å². The summed E-state index contributed by atoms with van der Waals surface area (Å²) >= 11 is 1.21. The largest absolute Gasteiger partial charge is 0.481 e. The second-order valence-corrected chi connectivity index (χ2v) is 3.91. The van der Waals surface area contributed by atoms with Crippen LogP contribution in [-0.4, -0.2) is 41.6 Å². The first-order valence-corrected chi connectivity index (χ1v) is 5.31. The molecule has 0 unspecified atom stereocenters. The van der Waals surface area contributed by atoms with Gasteiger partial charge in [0.25, 0.3) is 11.3 Å². The second-order valence-electron chi connectivity index (χ2n) is 2.84. The number of aromatic nitrogens is 5. The molecule has 0 spiro atoms. The number of aliphatic carboxylic acids is 1. The van der Waals surface area contributed by atoms with Crippen LogP contribution in [0, 0.1) is 0 Å². The number of H-pyrrole nitrogens is 1. The number of fused-ring (bicyclic) bond motifs is 1. The molecule has 0 aliphatic heterocycles. The van der Waals surface area contributed by atoms with Gasteiger partial charge in [0.1, 0.15) is 6.20 Å². The van der Waals surface area contributed by atoms with Gasteiger partial charge in [-0.3, -0.25) is 14.6 Å². The van der Waals surface area contributed by atoms with Gasteiger partial charge >= 0.3 is 5.97 Å². The van der Waals surface area contributed by atoms with Crippen molar-refractivity contribution in [1.29, 1.82) is 0 Å². The molecule has 2 aromatic heterocycles. The molecule has 2 heterocycles. The fourth-order valence-electron chi connectivity index (χ4n) is 1.02. The summed E-state index contributed by atoms with van der Waals surface area (Å²) in [6.07, 6.45) is 1.14. The van der Waals surface area contributed by atoms with Gasteiger partial charge in [0.15, 0.2) is 0 Å². The lowest BCUT2D eigenvalue weighted by molar-refractivity contribution is -0.136. The Hall–Kier alpha value is -1.90. The van der Waals surface area contributed by atoms with Crippen molar-refractivity contribution in [3.05, 3.63) is 16.6 Å². The van der Waals surface area contributed by atoms with Gasteiger partial charge in [-0.1, -0.05) is 11.8 Å². The number of nitrogens with one attached hydrogen (secondary N) is 1. The highest BCUT2D eigenvalue weighted by molar-refractivity contribution is 7.99. The summed E-state index contributed by atoms with van der Waals surface area (Å²) in [6, 6.07) is 0. The third kappa shape index (κ3) is 2.19. The summed E-state index contributed by atoms with van der Waals surface area (Å²) in [5.74, 6) is -0.260. The Morgan fingerprint density at radius 3 is 3.12 bits per heavy atom. The Kier molecular flexibility index (Phi) is 2.86. The van der Waals surface area contributed by atoms with Gasteiger partial charge in [-0.2, -0.15) is 9.61 Å². The number of rotatable bonds is 4. The summed E-state index contributed by atoms with van der Waals surface area (Å²) in [5, 5.41) is 20.2. The average Bonchev–Trinajstić information content (AvgIpc) is 2.60. The molecule has 0 bridgehead atoms. The Morgan fingerprint density at radius 1 is 1.56 bits per heavy atom. The number of carboxylic acids is 1. The minimum absolute atomic E-state index is 0.0307. The van der Waals surface area contributed by atoms with Gasteiger partial charge in [-0.15, -0.1) is 10.2 Å². The lowest BCUT2D eigenvalue weighted by atomic mass is 10.5. The van der Waals surface area contributed by atoms with Crippen LogP contribution in [0.2, 0.25) is 0 Å². The molecule has 84 valence electrons. The molecular weight excluding hydrogens is 234 g/mol. The molecule has 0 aliphatic rings. The highest BCUT2D eigenvalue weighted by Gasteiger charge is 2.08.